The lowest BCUT2D eigenvalue weighted by atomic mass is 9.86. The van der Waals surface area contributed by atoms with Crippen LogP contribution in [0.5, 0.6) is 0 Å². The summed E-state index contributed by atoms with van der Waals surface area (Å²) in [5.74, 6) is 0. The molecular weight excluding hydrogens is 569 g/mol. The van der Waals surface area contributed by atoms with Crippen LogP contribution in [0.15, 0.2) is 77.5 Å². The topological polar surface area (TPSA) is 20.9 Å². The molecule has 0 saturated heterocycles. The van der Waals surface area contributed by atoms with E-state index in [4.69, 9.17) is 4.42 Å². The van der Waals surface area contributed by atoms with Gasteiger partial charge in [0.05, 0.1) is 10.3 Å². The predicted molar refractivity (Wildman–Crippen MR) is 185 cm³/mol. The average molecular weight is 609 g/mol. The molecule has 2 aliphatic heterocycles. The fourth-order valence-corrected chi connectivity index (χ4v) is 8.90. The molecule has 6 heterocycles. The highest BCUT2D eigenvalue weighted by molar-refractivity contribution is 7.19. The van der Waals surface area contributed by atoms with Crippen molar-refractivity contribution in [2.45, 2.75) is 67.4 Å². The molecule has 4 aromatic heterocycles. The number of hydrogen-bond acceptors (Lipinski definition) is 2. The smallest absolute Gasteiger partial charge is 0.417 e. The molecule has 1 unspecified atom stereocenters. The molecule has 0 radical (unpaired) electrons. The van der Waals surface area contributed by atoms with E-state index < -0.39 is 17.5 Å². The van der Waals surface area contributed by atoms with Crippen molar-refractivity contribution >= 4 is 43.4 Å². The van der Waals surface area contributed by atoms with Crippen LogP contribution >= 0.6 is 11.3 Å². The lowest BCUT2D eigenvalue weighted by Crippen LogP contribution is -2.71. The molecule has 4 heteroatoms. The third-order valence-corrected chi connectivity index (χ3v) is 11.0. The summed E-state index contributed by atoms with van der Waals surface area (Å²) in [6, 6.07) is 22.5. The lowest BCUT2D eigenvalue weighted by molar-refractivity contribution is -0.955. The van der Waals surface area contributed by atoms with Gasteiger partial charge in [0.25, 0.3) is 0 Å². The van der Waals surface area contributed by atoms with Crippen molar-refractivity contribution in [3.63, 3.8) is 0 Å². The first kappa shape index (κ1) is 25.0. The van der Waals surface area contributed by atoms with Gasteiger partial charge in [-0.15, -0.1) is 20.5 Å². The lowest BCUT2D eigenvalue weighted by Gasteiger charge is -2.21. The molecule has 0 bridgehead atoms. The zero-order chi connectivity index (χ0) is 32.9. The minimum Gasteiger partial charge on any atom is -0.454 e. The molecule has 0 aliphatic carbocycles. The van der Waals surface area contributed by atoms with E-state index in [1.807, 2.05) is 20.8 Å². The monoisotopic (exact) mass is 608 g/mol. The highest BCUT2D eigenvalue weighted by Crippen LogP contribution is 2.51. The number of nitrogens with zero attached hydrogens (tertiary/aromatic N) is 2. The van der Waals surface area contributed by atoms with Gasteiger partial charge in [-0.3, -0.25) is 0 Å². The van der Waals surface area contributed by atoms with E-state index in [1.165, 1.54) is 48.5 Å². The van der Waals surface area contributed by atoms with Crippen molar-refractivity contribution in [1.82, 2.24) is 0 Å². The normalized spacial score (nSPS) is 17.6. The van der Waals surface area contributed by atoms with Gasteiger partial charge in [-0.2, -0.15) is 0 Å². The minimum absolute atomic E-state index is 0.600. The van der Waals surface area contributed by atoms with Gasteiger partial charge in [0.1, 0.15) is 22.3 Å². The van der Waals surface area contributed by atoms with Crippen molar-refractivity contribution in [2.24, 2.45) is 5.41 Å². The number of aryl methyl sites for hydroxylation is 5. The second-order valence-corrected chi connectivity index (χ2v) is 15.6. The van der Waals surface area contributed by atoms with E-state index >= 15 is 0 Å². The maximum absolute atomic E-state index is 9.39. The number of pyridine rings is 2. The zero-order valence-electron chi connectivity index (χ0n) is 29.1. The van der Waals surface area contributed by atoms with E-state index in [1.54, 1.807) is 11.3 Å². The number of benzene rings is 3. The number of rotatable bonds is 1. The molecule has 0 fully saturated rings. The van der Waals surface area contributed by atoms with E-state index in [0.29, 0.717) is 0 Å². The van der Waals surface area contributed by atoms with E-state index in [9.17, 15) is 2.74 Å². The van der Waals surface area contributed by atoms with Crippen molar-refractivity contribution in [3.8, 4) is 22.5 Å². The Balaban J connectivity index is 1.50. The summed E-state index contributed by atoms with van der Waals surface area (Å²) in [4.78, 5) is 1.26. The van der Waals surface area contributed by atoms with Crippen molar-refractivity contribution in [1.29, 1.82) is 0 Å². The van der Waals surface area contributed by atoms with Crippen LogP contribution in [-0.4, -0.2) is 0 Å². The van der Waals surface area contributed by atoms with Gasteiger partial charge in [0, 0.05) is 41.7 Å². The fourth-order valence-electron chi connectivity index (χ4n) is 7.90. The summed E-state index contributed by atoms with van der Waals surface area (Å²) in [5.41, 5.74) is 12.6. The standard InChI is InChI=1S/C41H38N2OS/c1-22-9-11-31-33(15-22)41(42-20-24(3)23(2)16-34(31)42)32-14-13-29-30-12-10-27-17-26(5)45-39(27)38(30)44-37(29)36(32)35-18-28(19-40(6,7)8)25(4)21-43(35)41/h9-18,20-21H,19H2,1-8H3/q+2/i19D2. The van der Waals surface area contributed by atoms with Crippen LogP contribution in [0.2, 0.25) is 0 Å². The SMILES string of the molecule is [2H]C([2H])(c1cc2[n+](cc1C)C1(c3cc(C)ccc3-c3cc(C)c(C)c[n+]31)c1ccc3c(oc4c3ccc3cc(C)sc34)c1-2)C(C)(C)C. The molecule has 9 rings (SSSR count). The fraction of sp³-hybridized carbons (Fsp3) is 0.268. The van der Waals surface area contributed by atoms with Crippen LogP contribution in [0, 0.1) is 40.0 Å². The quantitative estimate of drug-likeness (QED) is 0.170. The molecule has 45 heavy (non-hydrogen) atoms. The maximum atomic E-state index is 9.39. The van der Waals surface area contributed by atoms with Crippen LogP contribution in [0.4, 0.5) is 0 Å². The van der Waals surface area contributed by atoms with Crippen molar-refractivity contribution in [2.75, 3.05) is 0 Å². The number of fused-ring (bicyclic) bond motifs is 16. The summed E-state index contributed by atoms with van der Waals surface area (Å²) in [6.45, 7) is 16.7. The van der Waals surface area contributed by atoms with Crippen molar-refractivity contribution < 1.29 is 16.3 Å². The molecule has 0 N–H and O–H groups in total. The molecule has 2 aliphatic rings. The molecular formula is C41H38N2OS+2. The Hall–Kier alpha value is -4.28. The van der Waals surface area contributed by atoms with Crippen LogP contribution in [0.25, 0.3) is 54.5 Å². The Morgan fingerprint density at radius 2 is 1.49 bits per heavy atom. The van der Waals surface area contributed by atoms with Crippen LogP contribution in [0.1, 0.15) is 67.3 Å². The molecule has 3 aromatic carbocycles. The minimum atomic E-state index is -1.56. The molecule has 3 nitrogen and oxygen atoms in total. The first-order valence-electron chi connectivity index (χ1n) is 16.8. The van der Waals surface area contributed by atoms with Crippen LogP contribution < -0.4 is 9.13 Å². The van der Waals surface area contributed by atoms with E-state index in [-0.39, 0.29) is 0 Å². The summed E-state index contributed by atoms with van der Waals surface area (Å²) in [7, 11) is 0. The molecule has 0 amide bonds. The van der Waals surface area contributed by atoms with Gasteiger partial charge in [-0.25, -0.2) is 0 Å². The highest BCUT2D eigenvalue weighted by Gasteiger charge is 2.67. The molecule has 7 aromatic rings. The Kier molecular flexibility index (Phi) is 4.83. The molecule has 0 saturated carbocycles. The summed E-state index contributed by atoms with van der Waals surface area (Å²) in [5, 5.41) is 3.40. The Bertz CT molecular complexity index is 2550. The predicted octanol–water partition coefficient (Wildman–Crippen LogP) is 9.76. The van der Waals surface area contributed by atoms with Gasteiger partial charge in [-0.05, 0) is 99.3 Å². The Labute approximate surface area is 271 Å². The van der Waals surface area contributed by atoms with Crippen molar-refractivity contribution in [3.05, 3.63) is 117 Å². The summed E-state index contributed by atoms with van der Waals surface area (Å²) in [6.07, 6.45) is 2.95. The largest absolute Gasteiger partial charge is 0.454 e. The van der Waals surface area contributed by atoms with E-state index in [2.05, 4.69) is 117 Å². The Morgan fingerprint density at radius 1 is 0.756 bits per heavy atom. The molecule has 1 atom stereocenters. The number of hydrogen-bond donors (Lipinski definition) is 0. The molecule has 222 valence electrons. The maximum Gasteiger partial charge on any atom is 0.417 e. The van der Waals surface area contributed by atoms with Gasteiger partial charge < -0.3 is 4.42 Å². The first-order valence-corrected chi connectivity index (χ1v) is 16.7. The van der Waals surface area contributed by atoms with Gasteiger partial charge in [0.15, 0.2) is 18.0 Å². The highest BCUT2D eigenvalue weighted by atomic mass is 32.1. The molecule has 1 spiro atoms. The van der Waals surface area contributed by atoms with Gasteiger partial charge in [-0.1, -0.05) is 38.5 Å². The van der Waals surface area contributed by atoms with E-state index in [0.717, 1.165) is 49.9 Å². The van der Waals surface area contributed by atoms with Crippen LogP contribution in [0.3, 0.4) is 0 Å². The van der Waals surface area contributed by atoms with Crippen LogP contribution in [-0.2, 0) is 12.0 Å². The summed E-state index contributed by atoms with van der Waals surface area (Å²) < 4.78 is 31.9. The first-order chi connectivity index (χ1) is 22.2. The number of furan rings is 1. The third kappa shape index (κ3) is 3.46. The second kappa shape index (κ2) is 8.70. The zero-order valence-corrected chi connectivity index (χ0v) is 28.0. The number of thiophene rings is 1. The second-order valence-electron chi connectivity index (χ2n) is 14.3. The number of aromatic nitrogens is 2. The third-order valence-electron chi connectivity index (χ3n) is 9.93. The summed E-state index contributed by atoms with van der Waals surface area (Å²) >= 11 is 1.78. The average Bonchev–Trinajstić information content (AvgIpc) is 3.72. The Morgan fingerprint density at radius 3 is 2.29 bits per heavy atom. The van der Waals surface area contributed by atoms with Gasteiger partial charge >= 0.3 is 5.66 Å². The van der Waals surface area contributed by atoms with Gasteiger partial charge in [0.2, 0.25) is 11.4 Å².